The molecule has 0 amide bonds. The van der Waals surface area contributed by atoms with E-state index in [2.05, 4.69) is 42.3 Å². The van der Waals surface area contributed by atoms with Gasteiger partial charge in [0.2, 0.25) is 0 Å². The van der Waals surface area contributed by atoms with Gasteiger partial charge in [-0.2, -0.15) is 0 Å². The molecule has 4 rings (SSSR count). The van der Waals surface area contributed by atoms with Crippen LogP contribution in [-0.4, -0.2) is 38.1 Å². The molecule has 0 saturated carbocycles. The monoisotopic (exact) mass is 351 g/mol. The Hall–Kier alpha value is -2.04. The van der Waals surface area contributed by atoms with E-state index in [-0.39, 0.29) is 5.97 Å². The Balaban J connectivity index is 1.94. The van der Waals surface area contributed by atoms with Crippen molar-refractivity contribution in [3.05, 3.63) is 59.2 Å². The molecule has 0 fully saturated rings. The van der Waals surface area contributed by atoms with Crippen molar-refractivity contribution >= 4 is 28.9 Å². The first-order valence-electron chi connectivity index (χ1n) is 8.58. The Bertz CT molecular complexity index is 872. The number of ether oxygens (including phenoxy) is 1. The molecule has 0 saturated heterocycles. The Morgan fingerprint density at radius 2 is 1.68 bits per heavy atom. The Kier molecular flexibility index (Phi) is 4.40. The molecule has 3 nitrogen and oxygen atoms in total. The van der Waals surface area contributed by atoms with Crippen LogP contribution in [-0.2, 0) is 4.74 Å². The number of methoxy groups -OCH3 is 1. The first-order valence-corrected chi connectivity index (χ1v) is 9.39. The van der Waals surface area contributed by atoms with Gasteiger partial charge in [-0.25, -0.2) is 4.79 Å². The van der Waals surface area contributed by atoms with Crippen LogP contribution in [0.3, 0.4) is 0 Å². The van der Waals surface area contributed by atoms with E-state index in [1.165, 1.54) is 39.2 Å². The van der Waals surface area contributed by atoms with Gasteiger partial charge < -0.3 is 9.64 Å². The molecular formula is C21H21NO2S. The summed E-state index contributed by atoms with van der Waals surface area (Å²) in [4.78, 5) is 16.9. The van der Waals surface area contributed by atoms with Gasteiger partial charge in [0.15, 0.2) is 0 Å². The minimum atomic E-state index is -0.276. The molecule has 25 heavy (non-hydrogen) atoms. The number of esters is 1. The number of carbonyl (C=O) groups excluding carboxylic acids is 1. The van der Waals surface area contributed by atoms with E-state index >= 15 is 0 Å². The predicted octanol–water partition coefficient (Wildman–Crippen LogP) is 4.57. The van der Waals surface area contributed by atoms with Crippen LogP contribution in [0.4, 0.5) is 0 Å². The van der Waals surface area contributed by atoms with Crippen molar-refractivity contribution in [3.63, 3.8) is 0 Å². The summed E-state index contributed by atoms with van der Waals surface area (Å²) in [6.45, 7) is 2.09. The highest BCUT2D eigenvalue weighted by molar-refractivity contribution is 7.99. The molecule has 2 aromatic carbocycles. The van der Waals surface area contributed by atoms with E-state index in [1.807, 2.05) is 12.1 Å². The van der Waals surface area contributed by atoms with E-state index < -0.39 is 0 Å². The van der Waals surface area contributed by atoms with Crippen molar-refractivity contribution in [1.29, 1.82) is 0 Å². The van der Waals surface area contributed by atoms with Crippen LogP contribution >= 0.6 is 11.8 Å². The largest absolute Gasteiger partial charge is 0.465 e. The maximum atomic E-state index is 12.0. The lowest BCUT2D eigenvalue weighted by Crippen LogP contribution is -2.19. The number of hydrogen-bond acceptors (Lipinski definition) is 4. The molecule has 0 spiro atoms. The standard InChI is InChI=1S/C21H21NO2S/c1-22-11-9-15-16(10-12-22)18-13-14(21(23)24-2)7-8-20(18)25-19-6-4-3-5-17(15)19/h3-8,13H,9-12H2,1-2H3. The molecule has 128 valence electrons. The third-order valence-electron chi connectivity index (χ3n) is 5.01. The summed E-state index contributed by atoms with van der Waals surface area (Å²) < 4.78 is 4.93. The Labute approximate surface area is 152 Å². The van der Waals surface area contributed by atoms with E-state index in [4.69, 9.17) is 4.74 Å². The third kappa shape index (κ3) is 3.00. The van der Waals surface area contributed by atoms with E-state index in [9.17, 15) is 4.79 Å². The zero-order valence-corrected chi connectivity index (χ0v) is 15.4. The second kappa shape index (κ2) is 6.70. The Morgan fingerprint density at radius 1 is 1.00 bits per heavy atom. The number of carbonyl (C=O) groups is 1. The summed E-state index contributed by atoms with van der Waals surface area (Å²) in [7, 11) is 3.61. The fourth-order valence-electron chi connectivity index (χ4n) is 3.64. The summed E-state index contributed by atoms with van der Waals surface area (Å²) in [6, 6.07) is 14.6. The van der Waals surface area contributed by atoms with Gasteiger partial charge in [0.05, 0.1) is 12.7 Å². The first kappa shape index (κ1) is 16.4. The Morgan fingerprint density at radius 3 is 2.44 bits per heavy atom. The zero-order chi connectivity index (χ0) is 17.4. The average molecular weight is 351 g/mol. The van der Waals surface area contributed by atoms with Crippen molar-refractivity contribution in [2.24, 2.45) is 0 Å². The first-order chi connectivity index (χ1) is 12.2. The molecule has 0 aliphatic carbocycles. The normalized spacial score (nSPS) is 17.0. The van der Waals surface area contributed by atoms with Gasteiger partial charge in [-0.05, 0) is 66.4 Å². The van der Waals surface area contributed by atoms with Gasteiger partial charge in [-0.3, -0.25) is 0 Å². The molecule has 2 aromatic rings. The fourth-order valence-corrected chi connectivity index (χ4v) is 4.75. The van der Waals surface area contributed by atoms with E-state index in [0.29, 0.717) is 5.56 Å². The van der Waals surface area contributed by atoms with Crippen LogP contribution in [0.2, 0.25) is 0 Å². The minimum Gasteiger partial charge on any atom is -0.465 e. The van der Waals surface area contributed by atoms with Crippen LogP contribution in [0.5, 0.6) is 0 Å². The molecule has 2 aliphatic rings. The number of benzene rings is 2. The highest BCUT2D eigenvalue weighted by atomic mass is 32.2. The van der Waals surface area contributed by atoms with Gasteiger partial charge in [0.1, 0.15) is 0 Å². The average Bonchev–Trinajstić information content (AvgIpc) is 2.90. The number of hydrogen-bond donors (Lipinski definition) is 0. The van der Waals surface area contributed by atoms with Crippen molar-refractivity contribution in [3.8, 4) is 0 Å². The van der Waals surface area contributed by atoms with Crippen LogP contribution in [0, 0.1) is 0 Å². The summed E-state index contributed by atoms with van der Waals surface area (Å²) >= 11 is 1.80. The van der Waals surface area contributed by atoms with E-state index in [0.717, 1.165) is 25.9 Å². The van der Waals surface area contributed by atoms with Gasteiger partial charge in [-0.1, -0.05) is 30.0 Å². The van der Waals surface area contributed by atoms with Crippen LogP contribution in [0.25, 0.3) is 11.1 Å². The van der Waals surface area contributed by atoms with Gasteiger partial charge >= 0.3 is 5.97 Å². The molecule has 0 atom stereocenters. The second-order valence-electron chi connectivity index (χ2n) is 6.56. The summed E-state index contributed by atoms with van der Waals surface area (Å²) in [5.41, 5.74) is 5.95. The van der Waals surface area contributed by atoms with Crippen molar-refractivity contribution in [1.82, 2.24) is 4.90 Å². The third-order valence-corrected chi connectivity index (χ3v) is 6.16. The molecule has 0 aromatic heterocycles. The molecule has 4 heteroatoms. The summed E-state index contributed by atoms with van der Waals surface area (Å²) in [5, 5.41) is 0. The summed E-state index contributed by atoms with van der Waals surface area (Å²) in [5.74, 6) is -0.276. The minimum absolute atomic E-state index is 0.276. The number of rotatable bonds is 1. The maximum absolute atomic E-state index is 12.0. The number of fused-ring (bicyclic) bond motifs is 4. The zero-order valence-electron chi connectivity index (χ0n) is 14.5. The maximum Gasteiger partial charge on any atom is 0.337 e. The molecule has 0 unspecified atom stereocenters. The molecular weight excluding hydrogens is 330 g/mol. The molecule has 0 radical (unpaired) electrons. The van der Waals surface area contributed by atoms with Gasteiger partial charge in [0, 0.05) is 22.9 Å². The number of nitrogens with zero attached hydrogens (tertiary/aromatic N) is 1. The molecule has 2 heterocycles. The van der Waals surface area contributed by atoms with Crippen LogP contribution in [0.15, 0.2) is 52.3 Å². The van der Waals surface area contributed by atoms with E-state index in [1.54, 1.807) is 11.8 Å². The lowest BCUT2D eigenvalue weighted by atomic mass is 9.90. The molecule has 2 aliphatic heterocycles. The quantitative estimate of drug-likeness (QED) is 0.704. The van der Waals surface area contributed by atoms with Crippen LogP contribution in [0.1, 0.15) is 34.3 Å². The van der Waals surface area contributed by atoms with Gasteiger partial charge in [-0.15, -0.1) is 0 Å². The highest BCUT2D eigenvalue weighted by Crippen LogP contribution is 2.47. The lowest BCUT2D eigenvalue weighted by molar-refractivity contribution is 0.0600. The van der Waals surface area contributed by atoms with Crippen LogP contribution < -0.4 is 0 Å². The SMILES string of the molecule is COC(=O)c1ccc2c(c1)C1=C(CCN(C)CC1)c1ccccc1S2. The second-order valence-corrected chi connectivity index (χ2v) is 7.64. The highest BCUT2D eigenvalue weighted by Gasteiger charge is 2.25. The van der Waals surface area contributed by atoms with Gasteiger partial charge in [0.25, 0.3) is 0 Å². The van der Waals surface area contributed by atoms with Crippen molar-refractivity contribution in [2.75, 3.05) is 27.2 Å². The van der Waals surface area contributed by atoms with Crippen molar-refractivity contribution in [2.45, 2.75) is 22.6 Å². The topological polar surface area (TPSA) is 29.5 Å². The smallest absolute Gasteiger partial charge is 0.337 e. The lowest BCUT2D eigenvalue weighted by Gasteiger charge is -2.14. The fraction of sp³-hybridized carbons (Fsp3) is 0.286. The predicted molar refractivity (Wildman–Crippen MR) is 102 cm³/mol. The molecule has 0 bridgehead atoms. The molecule has 0 N–H and O–H groups in total. The van der Waals surface area contributed by atoms with Crippen molar-refractivity contribution < 1.29 is 9.53 Å². The summed E-state index contributed by atoms with van der Waals surface area (Å²) in [6.07, 6.45) is 2.03.